The van der Waals surface area contributed by atoms with E-state index in [9.17, 15) is 32.4 Å². The molecule has 5 rings (SSSR count). The second-order valence-corrected chi connectivity index (χ2v) is 14.1. The molecule has 0 aliphatic carbocycles. The quantitative estimate of drug-likeness (QED) is 0.0481. The van der Waals surface area contributed by atoms with Crippen molar-refractivity contribution >= 4 is 36.9 Å². The molecule has 19 heteroatoms. The van der Waals surface area contributed by atoms with Crippen molar-refractivity contribution in [3.63, 3.8) is 0 Å². The van der Waals surface area contributed by atoms with Crippen LogP contribution in [0.25, 0.3) is 11.2 Å². The lowest BCUT2D eigenvalue weighted by Crippen LogP contribution is -2.46. The van der Waals surface area contributed by atoms with Crippen LogP contribution in [0.1, 0.15) is 57.7 Å². The first-order valence-corrected chi connectivity index (χ1v) is 18.4. The number of carbonyl (C=O) groups is 2. The molecule has 1 fully saturated rings. The lowest BCUT2D eigenvalue weighted by molar-refractivity contribution is -0.139. The first kappa shape index (κ1) is 40.0. The number of benzene rings is 2. The summed E-state index contributed by atoms with van der Waals surface area (Å²) in [6.45, 7) is 3.00. The number of nitrogen functional groups attached to an aromatic ring is 1. The predicted molar refractivity (Wildman–Crippen MR) is 186 cm³/mol. The number of carboxylic acid groups (broad SMARTS) is 1. The monoisotopic (exact) mass is 774 g/mol. The van der Waals surface area contributed by atoms with Gasteiger partial charge < -0.3 is 29.6 Å². The molecule has 1 unspecified atom stereocenters. The molecule has 5 atom stereocenters. The van der Waals surface area contributed by atoms with Crippen LogP contribution in [0.3, 0.4) is 0 Å². The predicted octanol–water partition coefficient (Wildman–Crippen LogP) is 6.10. The van der Waals surface area contributed by atoms with Crippen LogP contribution in [0.5, 0.6) is 5.75 Å². The molecule has 0 bridgehead atoms. The molecule has 1 aliphatic heterocycles. The molecule has 1 saturated heterocycles. The number of hydrogen-bond donors (Lipinski definition) is 3. The maximum Gasteiger partial charge on any atom is 0.508 e. The molecular weight excluding hydrogens is 736 g/mol. The molecule has 2 aromatic carbocycles. The molecule has 0 spiro atoms. The number of nitrogens with one attached hydrogen (secondary N) is 1. The first-order valence-electron chi connectivity index (χ1n) is 16.9. The van der Waals surface area contributed by atoms with Crippen LogP contribution in [0.2, 0.25) is 0 Å². The van der Waals surface area contributed by atoms with Crippen molar-refractivity contribution in [3.8, 4) is 18.1 Å². The van der Waals surface area contributed by atoms with Gasteiger partial charge in [0.05, 0.1) is 6.33 Å². The van der Waals surface area contributed by atoms with E-state index in [0.717, 1.165) is 25.0 Å². The van der Waals surface area contributed by atoms with Crippen LogP contribution < -0.4 is 15.3 Å². The van der Waals surface area contributed by atoms with Crippen LogP contribution in [0, 0.1) is 30.1 Å². The summed E-state index contributed by atoms with van der Waals surface area (Å²) in [7, 11) is -4.83. The van der Waals surface area contributed by atoms with Gasteiger partial charge in [-0.15, -0.1) is 6.42 Å². The minimum Gasteiger partial charge on any atom is -0.480 e. The van der Waals surface area contributed by atoms with Gasteiger partial charge in [0.1, 0.15) is 42.4 Å². The summed E-state index contributed by atoms with van der Waals surface area (Å²) >= 11 is 0. The number of halogens is 3. The maximum absolute atomic E-state index is 14.5. The van der Waals surface area contributed by atoms with Crippen LogP contribution in [0.4, 0.5) is 23.8 Å². The zero-order valence-corrected chi connectivity index (χ0v) is 30.1. The van der Waals surface area contributed by atoms with Crippen molar-refractivity contribution < 1.29 is 55.7 Å². The number of aromatic nitrogens is 4. The highest BCUT2D eigenvalue weighted by molar-refractivity contribution is 7.52. The molecule has 15 nitrogen and oxygen atoms in total. The Labute approximate surface area is 307 Å². The number of fused-ring (bicyclic) bond motifs is 1. The Morgan fingerprint density at radius 2 is 1.83 bits per heavy atom. The van der Waals surface area contributed by atoms with Crippen LogP contribution in [-0.2, 0) is 34.5 Å². The van der Waals surface area contributed by atoms with Crippen molar-refractivity contribution in [1.82, 2.24) is 24.6 Å². The number of ether oxygens (including phenoxy) is 3. The van der Waals surface area contributed by atoms with Gasteiger partial charge in [-0.1, -0.05) is 50.8 Å². The van der Waals surface area contributed by atoms with Crippen molar-refractivity contribution in [2.75, 3.05) is 12.3 Å². The Morgan fingerprint density at radius 1 is 1.15 bits per heavy atom. The second-order valence-electron chi connectivity index (χ2n) is 12.4. The highest BCUT2D eigenvalue weighted by atomic mass is 31.2. The number of para-hydroxylation sites is 1. The van der Waals surface area contributed by atoms with E-state index in [4.69, 9.17) is 35.4 Å². The fourth-order valence-electron chi connectivity index (χ4n) is 5.89. The molecule has 3 heterocycles. The number of nitrogens with zero attached hydrogens (tertiary/aromatic N) is 4. The Morgan fingerprint density at radius 3 is 2.46 bits per heavy atom. The summed E-state index contributed by atoms with van der Waals surface area (Å²) in [5, 5.41) is 12.4. The number of terminal acetylenes is 1. The molecule has 288 valence electrons. The highest BCUT2D eigenvalue weighted by Gasteiger charge is 2.53. The Hall–Kier alpha value is -5.21. The average Bonchev–Trinajstić information content (AvgIpc) is 3.69. The zero-order chi connectivity index (χ0) is 39.0. The number of hydrogen-bond acceptors (Lipinski definition) is 12. The number of anilines is 1. The molecule has 0 saturated carbocycles. The highest BCUT2D eigenvalue weighted by Crippen LogP contribution is 2.49. The van der Waals surface area contributed by atoms with Gasteiger partial charge in [0.2, 0.25) is 0 Å². The lowest BCUT2D eigenvalue weighted by atomic mass is 9.99. The maximum atomic E-state index is 14.5. The SMILES string of the molecule is C#C[C@]1(CO[P@@](=O)(NC(Cc2cc(F)cc(F)c2)C(=O)O)Oc2ccccc2)O[C@@H](n2cnc3c(N)nc(F)nc32)C[C@@H]1OC(=O)OC(CCC)CCC. The van der Waals surface area contributed by atoms with Gasteiger partial charge in [-0.3, -0.25) is 13.9 Å². The summed E-state index contributed by atoms with van der Waals surface area (Å²) in [6, 6.07) is 8.22. The van der Waals surface area contributed by atoms with Gasteiger partial charge in [0, 0.05) is 12.5 Å². The minimum absolute atomic E-state index is 0.0206. The summed E-state index contributed by atoms with van der Waals surface area (Å²) in [5.41, 5.74) is 3.64. The zero-order valence-electron chi connectivity index (χ0n) is 29.2. The second kappa shape index (κ2) is 17.3. The third kappa shape index (κ3) is 9.66. The summed E-state index contributed by atoms with van der Waals surface area (Å²) < 4.78 is 87.1. The Balaban J connectivity index is 1.48. The Bertz CT molecular complexity index is 2030. The van der Waals surface area contributed by atoms with Crippen LogP contribution >= 0.6 is 7.75 Å². The topological polar surface area (TPSA) is 199 Å². The largest absolute Gasteiger partial charge is 0.508 e. The third-order valence-electron chi connectivity index (χ3n) is 8.37. The van der Waals surface area contributed by atoms with Crippen LogP contribution in [-0.4, -0.2) is 67.2 Å². The fraction of sp³-hybridized carbons (Fsp3) is 0.400. The molecule has 2 aromatic heterocycles. The molecular formula is C35H38F3N6O9P. The average molecular weight is 775 g/mol. The molecule has 0 amide bonds. The van der Waals surface area contributed by atoms with E-state index in [1.54, 1.807) is 18.2 Å². The van der Waals surface area contributed by atoms with E-state index in [-0.39, 0.29) is 34.7 Å². The van der Waals surface area contributed by atoms with Gasteiger partial charge in [-0.05, 0) is 49.1 Å². The molecule has 4 aromatic rings. The van der Waals surface area contributed by atoms with E-state index in [1.165, 1.54) is 23.0 Å². The van der Waals surface area contributed by atoms with E-state index in [1.807, 2.05) is 13.8 Å². The van der Waals surface area contributed by atoms with Crippen LogP contribution in [0.15, 0.2) is 54.9 Å². The number of carboxylic acids is 1. The molecule has 1 aliphatic rings. The first-order chi connectivity index (χ1) is 25.8. The fourth-order valence-corrected chi connectivity index (χ4v) is 7.42. The minimum atomic E-state index is -4.83. The normalized spacial score (nSPS) is 19.9. The number of rotatable bonds is 17. The van der Waals surface area contributed by atoms with E-state index in [0.29, 0.717) is 18.9 Å². The van der Waals surface area contributed by atoms with Gasteiger partial charge in [0.15, 0.2) is 28.7 Å². The molecule has 4 N–H and O–H groups in total. The van der Waals surface area contributed by atoms with Crippen molar-refractivity contribution in [3.05, 3.63) is 78.1 Å². The van der Waals surface area contributed by atoms with E-state index in [2.05, 4.69) is 26.0 Å². The van der Waals surface area contributed by atoms with Gasteiger partial charge in [-0.2, -0.15) is 19.4 Å². The summed E-state index contributed by atoms with van der Waals surface area (Å²) in [6.07, 6.45) is 3.80. The molecule has 0 radical (unpaired) electrons. The third-order valence-corrected chi connectivity index (χ3v) is 9.92. The number of aliphatic carboxylic acids is 1. The standard InChI is InChI=1S/C35H38F3N6O9P/c1-4-10-24(11-5-2)50-34(47)51-27-18-28(44-20-40-29-30(39)41-33(38)42-31(29)44)52-35(27,6-3)19-49-54(48,53-25-12-8-7-9-13-25)43-26(32(45)46)16-21-14-22(36)17-23(37)15-21/h3,7-9,12-15,17,20,24,26-28H,4-5,10-11,16,18-19H2,1-2H3,(H,43,48)(H,45,46)(H2,39,41,42)/t26?,27-,28+,35+,54-/m0/s1. The van der Waals surface area contributed by atoms with Crippen molar-refractivity contribution in [1.29, 1.82) is 0 Å². The van der Waals surface area contributed by atoms with E-state index < -0.39 is 80.7 Å². The van der Waals surface area contributed by atoms with Gasteiger partial charge in [0.25, 0.3) is 0 Å². The number of nitrogens with two attached hydrogens (primary N) is 1. The van der Waals surface area contributed by atoms with Gasteiger partial charge >= 0.3 is 25.9 Å². The smallest absolute Gasteiger partial charge is 0.480 e. The number of imidazole rings is 1. The number of carbonyl (C=O) groups excluding carboxylic acids is 1. The van der Waals surface area contributed by atoms with Crippen molar-refractivity contribution in [2.24, 2.45) is 0 Å². The van der Waals surface area contributed by atoms with Gasteiger partial charge in [-0.25, -0.2) is 23.1 Å². The Kier molecular flexibility index (Phi) is 12.8. The summed E-state index contributed by atoms with van der Waals surface area (Å²) in [4.78, 5) is 37.0. The molecule has 54 heavy (non-hydrogen) atoms. The van der Waals surface area contributed by atoms with E-state index >= 15 is 0 Å². The summed E-state index contributed by atoms with van der Waals surface area (Å²) in [5.74, 6) is -1.34. The lowest BCUT2D eigenvalue weighted by Gasteiger charge is -2.31. The van der Waals surface area contributed by atoms with Crippen molar-refractivity contribution in [2.45, 2.75) is 82.5 Å².